The van der Waals surface area contributed by atoms with Crippen molar-refractivity contribution in [3.05, 3.63) is 33.8 Å². The first-order chi connectivity index (χ1) is 7.99. The third-order valence-corrected chi connectivity index (χ3v) is 3.95. The number of rotatable bonds is 2. The first-order valence-corrected chi connectivity index (χ1v) is 5.90. The molecule has 1 fully saturated rings. The summed E-state index contributed by atoms with van der Waals surface area (Å²) in [5, 5.41) is 10.2. The minimum Gasteiger partial charge on any atom is -0.393 e. The van der Waals surface area contributed by atoms with Gasteiger partial charge in [0.05, 0.1) is 21.6 Å². The van der Waals surface area contributed by atoms with E-state index >= 15 is 0 Å². The molecular weight excluding hydrogens is 263 g/mol. The number of amides is 1. The summed E-state index contributed by atoms with van der Waals surface area (Å²) in [7, 11) is 0. The van der Waals surface area contributed by atoms with Gasteiger partial charge in [-0.05, 0) is 30.5 Å². The van der Waals surface area contributed by atoms with Crippen LogP contribution in [0.15, 0.2) is 18.2 Å². The molecule has 0 saturated heterocycles. The van der Waals surface area contributed by atoms with E-state index in [1.165, 1.54) is 0 Å². The summed E-state index contributed by atoms with van der Waals surface area (Å²) >= 11 is 11.8. The lowest BCUT2D eigenvalue weighted by Crippen LogP contribution is -2.56. The average molecular weight is 275 g/mol. The molecule has 92 valence electrons. The number of carbonyl (C=O) groups excluding carboxylic acids is 1. The van der Waals surface area contributed by atoms with Gasteiger partial charge in [0.1, 0.15) is 0 Å². The second-order valence-electron chi connectivity index (χ2n) is 4.25. The van der Waals surface area contributed by atoms with E-state index in [4.69, 9.17) is 29.0 Å². The smallest absolute Gasteiger partial charge is 0.244 e. The summed E-state index contributed by atoms with van der Waals surface area (Å²) in [5.41, 5.74) is 2.07. The molecule has 2 rings (SSSR count). The fraction of sp³-hybridized carbons (Fsp3) is 0.364. The van der Waals surface area contributed by atoms with Gasteiger partial charge in [-0.25, -0.2) is 5.84 Å². The van der Waals surface area contributed by atoms with Crippen LogP contribution in [0.5, 0.6) is 0 Å². The lowest BCUT2D eigenvalue weighted by Gasteiger charge is -2.43. The highest BCUT2D eigenvalue weighted by molar-refractivity contribution is 6.42. The molecule has 1 aromatic carbocycles. The highest BCUT2D eigenvalue weighted by atomic mass is 35.5. The highest BCUT2D eigenvalue weighted by Crippen LogP contribution is 2.45. The van der Waals surface area contributed by atoms with E-state index in [2.05, 4.69) is 5.43 Å². The van der Waals surface area contributed by atoms with E-state index in [0.717, 1.165) is 5.56 Å². The minimum absolute atomic E-state index is 0.318. The predicted molar refractivity (Wildman–Crippen MR) is 65.7 cm³/mol. The number of hydrazine groups is 1. The fourth-order valence-electron chi connectivity index (χ4n) is 2.23. The van der Waals surface area contributed by atoms with Gasteiger partial charge >= 0.3 is 0 Å². The molecule has 0 atom stereocenters. The summed E-state index contributed by atoms with van der Waals surface area (Å²) in [6.45, 7) is 0. The third kappa shape index (κ3) is 2.02. The molecule has 0 spiro atoms. The molecule has 0 aromatic heterocycles. The molecule has 0 aliphatic heterocycles. The average Bonchev–Trinajstić information content (AvgIpc) is 2.27. The predicted octanol–water partition coefficient (Wildman–Crippen LogP) is 1.38. The van der Waals surface area contributed by atoms with Crippen LogP contribution < -0.4 is 11.3 Å². The quantitative estimate of drug-likeness (QED) is 0.433. The number of hydrogen-bond donors (Lipinski definition) is 3. The Bertz CT molecular complexity index is 459. The van der Waals surface area contributed by atoms with E-state index < -0.39 is 11.5 Å². The standard InChI is InChI=1S/C11H12Cl2N2O2/c12-8-2-1-6(3-9(8)13)11(10(17)15-14)4-7(16)5-11/h1-3,7,16H,4-5,14H2,(H,15,17). The van der Waals surface area contributed by atoms with Gasteiger partial charge in [0.25, 0.3) is 0 Å². The summed E-state index contributed by atoms with van der Waals surface area (Å²) in [6, 6.07) is 5.01. The molecule has 17 heavy (non-hydrogen) atoms. The molecule has 1 amide bonds. The van der Waals surface area contributed by atoms with Gasteiger partial charge in [-0.1, -0.05) is 29.3 Å². The minimum atomic E-state index is -0.789. The number of nitrogens with one attached hydrogen (secondary N) is 1. The van der Waals surface area contributed by atoms with Crippen LogP contribution in [0.4, 0.5) is 0 Å². The topological polar surface area (TPSA) is 75.3 Å². The number of aliphatic hydroxyl groups is 1. The van der Waals surface area contributed by atoms with Gasteiger partial charge in [0.15, 0.2) is 0 Å². The monoisotopic (exact) mass is 274 g/mol. The van der Waals surface area contributed by atoms with E-state index in [1.54, 1.807) is 18.2 Å². The van der Waals surface area contributed by atoms with Crippen LogP contribution in [0.3, 0.4) is 0 Å². The van der Waals surface area contributed by atoms with Crippen molar-refractivity contribution < 1.29 is 9.90 Å². The maximum absolute atomic E-state index is 11.8. The van der Waals surface area contributed by atoms with Crippen molar-refractivity contribution in [1.29, 1.82) is 0 Å². The SMILES string of the molecule is NNC(=O)C1(c2ccc(Cl)c(Cl)c2)CC(O)C1. The Labute approximate surface area is 109 Å². The zero-order chi connectivity index (χ0) is 12.6. The Kier molecular flexibility index (Phi) is 3.32. The first-order valence-electron chi connectivity index (χ1n) is 5.14. The molecule has 4 N–H and O–H groups in total. The molecular formula is C11H12Cl2N2O2. The molecule has 1 aliphatic rings. The van der Waals surface area contributed by atoms with Gasteiger partial charge in [-0.2, -0.15) is 0 Å². The number of hydrogen-bond acceptors (Lipinski definition) is 3. The molecule has 1 aromatic rings. The van der Waals surface area contributed by atoms with E-state index in [9.17, 15) is 9.90 Å². The largest absolute Gasteiger partial charge is 0.393 e. The molecule has 0 unspecified atom stereocenters. The van der Waals surface area contributed by atoms with E-state index in [0.29, 0.717) is 22.9 Å². The second kappa shape index (κ2) is 4.46. The number of halogens is 2. The van der Waals surface area contributed by atoms with Gasteiger partial charge in [0.2, 0.25) is 5.91 Å². The van der Waals surface area contributed by atoms with Crippen molar-refractivity contribution in [2.45, 2.75) is 24.4 Å². The Balaban J connectivity index is 2.40. The summed E-state index contributed by atoms with van der Waals surface area (Å²) < 4.78 is 0. The number of nitrogens with two attached hydrogens (primary N) is 1. The van der Waals surface area contributed by atoms with Crippen LogP contribution in [-0.2, 0) is 10.2 Å². The summed E-state index contributed by atoms with van der Waals surface area (Å²) in [6.07, 6.45) is 0.198. The maximum Gasteiger partial charge on any atom is 0.244 e. The molecule has 6 heteroatoms. The molecule has 0 heterocycles. The van der Waals surface area contributed by atoms with Crippen molar-refractivity contribution in [1.82, 2.24) is 5.43 Å². The second-order valence-corrected chi connectivity index (χ2v) is 5.06. The van der Waals surface area contributed by atoms with Crippen molar-refractivity contribution >= 4 is 29.1 Å². The number of carbonyl (C=O) groups is 1. The van der Waals surface area contributed by atoms with Crippen LogP contribution >= 0.6 is 23.2 Å². The zero-order valence-corrected chi connectivity index (χ0v) is 10.4. The zero-order valence-electron chi connectivity index (χ0n) is 8.91. The van der Waals surface area contributed by atoms with Crippen LogP contribution in [0.25, 0.3) is 0 Å². The van der Waals surface area contributed by atoms with Gasteiger partial charge < -0.3 is 5.11 Å². The Morgan fingerprint density at radius 1 is 1.41 bits per heavy atom. The van der Waals surface area contributed by atoms with Crippen molar-refractivity contribution in [3.8, 4) is 0 Å². The molecule has 1 saturated carbocycles. The number of benzene rings is 1. The first kappa shape index (κ1) is 12.6. The van der Waals surface area contributed by atoms with Gasteiger partial charge in [-0.15, -0.1) is 0 Å². The molecule has 1 aliphatic carbocycles. The van der Waals surface area contributed by atoms with E-state index in [1.807, 2.05) is 0 Å². The Morgan fingerprint density at radius 3 is 2.53 bits per heavy atom. The Hall–Kier alpha value is -0.810. The van der Waals surface area contributed by atoms with E-state index in [-0.39, 0.29) is 5.91 Å². The van der Waals surface area contributed by atoms with Crippen molar-refractivity contribution in [2.75, 3.05) is 0 Å². The molecule has 0 bridgehead atoms. The fourth-order valence-corrected chi connectivity index (χ4v) is 2.53. The normalized spacial score (nSPS) is 27.4. The van der Waals surface area contributed by atoms with Crippen molar-refractivity contribution in [2.24, 2.45) is 5.84 Å². The van der Waals surface area contributed by atoms with Crippen LogP contribution in [0, 0.1) is 0 Å². The Morgan fingerprint density at radius 2 is 2.06 bits per heavy atom. The molecule has 4 nitrogen and oxygen atoms in total. The highest BCUT2D eigenvalue weighted by Gasteiger charge is 2.50. The number of aliphatic hydroxyl groups excluding tert-OH is 1. The summed E-state index contributed by atoms with van der Waals surface area (Å²) in [5.74, 6) is 4.86. The summed E-state index contributed by atoms with van der Waals surface area (Å²) in [4.78, 5) is 11.8. The maximum atomic E-state index is 11.8. The van der Waals surface area contributed by atoms with Crippen LogP contribution in [0.2, 0.25) is 10.0 Å². The van der Waals surface area contributed by atoms with Crippen LogP contribution in [-0.4, -0.2) is 17.1 Å². The van der Waals surface area contributed by atoms with Crippen LogP contribution in [0.1, 0.15) is 18.4 Å². The van der Waals surface area contributed by atoms with Gasteiger partial charge in [-0.3, -0.25) is 10.2 Å². The van der Waals surface area contributed by atoms with Crippen molar-refractivity contribution in [3.63, 3.8) is 0 Å². The lowest BCUT2D eigenvalue weighted by molar-refractivity contribution is -0.135. The van der Waals surface area contributed by atoms with Gasteiger partial charge in [0, 0.05) is 0 Å². The molecule has 0 radical (unpaired) electrons. The third-order valence-electron chi connectivity index (χ3n) is 3.21. The lowest BCUT2D eigenvalue weighted by atomic mass is 9.62.